The molecule has 1 saturated heterocycles. The first-order valence-electron chi connectivity index (χ1n) is 11.9. The van der Waals surface area contributed by atoms with Crippen molar-refractivity contribution in [1.82, 2.24) is 15.2 Å². The number of halogens is 4. The summed E-state index contributed by atoms with van der Waals surface area (Å²) in [6.07, 6.45) is -2.13. The summed E-state index contributed by atoms with van der Waals surface area (Å²) in [5.74, 6) is -2.76. The van der Waals surface area contributed by atoms with Crippen LogP contribution >= 0.6 is 0 Å². The second-order valence-electron chi connectivity index (χ2n) is 8.96. The van der Waals surface area contributed by atoms with Crippen LogP contribution in [0.3, 0.4) is 0 Å². The van der Waals surface area contributed by atoms with Crippen LogP contribution in [0.4, 0.5) is 22.4 Å². The Labute approximate surface area is 212 Å². The van der Waals surface area contributed by atoms with Crippen molar-refractivity contribution >= 4 is 22.9 Å². The number of carboxylic acid groups (broad SMARTS) is 1. The van der Waals surface area contributed by atoms with E-state index in [0.29, 0.717) is 38.9 Å². The lowest BCUT2D eigenvalue weighted by Crippen LogP contribution is -2.49. The molecule has 1 aliphatic heterocycles. The monoisotopic (exact) mass is 519 g/mol. The second kappa shape index (κ2) is 11.6. The van der Waals surface area contributed by atoms with Gasteiger partial charge in [-0.25, -0.2) is 14.0 Å². The number of pyridine rings is 1. The number of aliphatic carboxylic acids is 1. The van der Waals surface area contributed by atoms with Crippen LogP contribution in [-0.2, 0) is 11.2 Å². The molecule has 0 radical (unpaired) electrons. The van der Waals surface area contributed by atoms with E-state index < -0.39 is 17.8 Å². The minimum absolute atomic E-state index is 0.0934. The number of alkyl halides is 4. The van der Waals surface area contributed by atoms with E-state index in [1.54, 1.807) is 4.90 Å². The summed E-state index contributed by atoms with van der Waals surface area (Å²) in [5.41, 5.74) is 4.17. The number of fused-ring (bicyclic) bond motifs is 1. The first-order chi connectivity index (χ1) is 17.4. The molecule has 2 aromatic carbocycles. The first-order valence-corrected chi connectivity index (χ1v) is 11.9. The number of nitrogens with one attached hydrogen (secondary N) is 1. The van der Waals surface area contributed by atoms with E-state index in [9.17, 15) is 18.0 Å². The number of aryl methyl sites for hydroxylation is 1. The Bertz CT molecular complexity index is 1240. The van der Waals surface area contributed by atoms with Crippen molar-refractivity contribution in [2.45, 2.75) is 45.0 Å². The summed E-state index contributed by atoms with van der Waals surface area (Å²) >= 11 is 0. The molecule has 0 bridgehead atoms. The van der Waals surface area contributed by atoms with Crippen molar-refractivity contribution in [2.24, 2.45) is 0 Å². The van der Waals surface area contributed by atoms with E-state index in [1.807, 2.05) is 31.3 Å². The van der Waals surface area contributed by atoms with Crippen molar-refractivity contribution in [1.29, 1.82) is 0 Å². The van der Waals surface area contributed by atoms with E-state index in [-0.39, 0.29) is 6.03 Å². The zero-order chi connectivity index (χ0) is 27.2. The van der Waals surface area contributed by atoms with Gasteiger partial charge in [0.05, 0.1) is 5.52 Å². The molecule has 0 atom stereocenters. The minimum Gasteiger partial charge on any atom is -0.475 e. The number of likely N-dealkylation sites (tertiary alicyclic amines) is 1. The number of benzene rings is 2. The normalized spacial score (nSPS) is 15.0. The molecule has 0 aliphatic carbocycles. The maximum absolute atomic E-state index is 15.4. The molecule has 0 unspecified atom stereocenters. The van der Waals surface area contributed by atoms with Gasteiger partial charge in [-0.1, -0.05) is 42.5 Å². The number of piperidine rings is 1. The van der Waals surface area contributed by atoms with Crippen molar-refractivity contribution < 1.29 is 32.3 Å². The number of carbonyl (C=O) groups is 2. The molecule has 2 N–H and O–H groups in total. The molecule has 198 valence electrons. The lowest BCUT2D eigenvalue weighted by Gasteiger charge is -2.36. The summed E-state index contributed by atoms with van der Waals surface area (Å²) < 4.78 is 47.1. The quantitative estimate of drug-likeness (QED) is 0.420. The number of urea groups is 1. The third-order valence-corrected chi connectivity index (χ3v) is 6.33. The summed E-state index contributed by atoms with van der Waals surface area (Å²) in [6, 6.07) is 16.3. The summed E-state index contributed by atoms with van der Waals surface area (Å²) in [6.45, 7) is 5.50. The van der Waals surface area contributed by atoms with Gasteiger partial charge in [0.1, 0.15) is 5.67 Å². The lowest BCUT2D eigenvalue weighted by molar-refractivity contribution is -0.192. The van der Waals surface area contributed by atoms with Gasteiger partial charge >= 0.3 is 18.2 Å². The highest BCUT2D eigenvalue weighted by Crippen LogP contribution is 2.32. The molecule has 0 spiro atoms. The fraction of sp³-hybridized carbons (Fsp3) is 0.370. The smallest absolute Gasteiger partial charge is 0.475 e. The molecular weight excluding hydrogens is 490 g/mol. The molecule has 37 heavy (non-hydrogen) atoms. The Hall–Kier alpha value is -3.69. The average molecular weight is 520 g/mol. The van der Waals surface area contributed by atoms with E-state index >= 15 is 4.39 Å². The van der Waals surface area contributed by atoms with E-state index in [0.717, 1.165) is 33.2 Å². The Morgan fingerprint density at radius 1 is 1.08 bits per heavy atom. The standard InChI is InChI=1S/C25H28FN3O.C2HF3O2/c1-3-27-24(30)29-15-12-25(26,13-16-29)17-19-6-8-20(9-7-19)22-11-10-21-5-4-14-28-23(21)18(22)2;3-2(4,5)1(6)7/h4-11,14H,3,12-13,15-17H2,1-2H3,(H,27,30);(H,6,7). The van der Waals surface area contributed by atoms with Crippen molar-refractivity contribution in [3.05, 3.63) is 65.9 Å². The summed E-state index contributed by atoms with van der Waals surface area (Å²) in [5, 5.41) is 11.0. The Morgan fingerprint density at radius 2 is 1.70 bits per heavy atom. The molecule has 4 rings (SSSR count). The molecule has 2 heterocycles. The minimum atomic E-state index is -5.08. The topological polar surface area (TPSA) is 82.5 Å². The molecule has 1 fully saturated rings. The number of hydrogen-bond acceptors (Lipinski definition) is 3. The van der Waals surface area contributed by atoms with Crippen molar-refractivity contribution in [2.75, 3.05) is 19.6 Å². The predicted octanol–water partition coefficient (Wildman–Crippen LogP) is 5.92. The van der Waals surface area contributed by atoms with Crippen LogP contribution in [0.15, 0.2) is 54.7 Å². The number of nitrogens with zero attached hydrogens (tertiary/aromatic N) is 2. The first kappa shape index (κ1) is 27.9. The SMILES string of the molecule is CCNC(=O)N1CCC(F)(Cc2ccc(-c3ccc4cccnc4c3C)cc2)CC1.O=C(O)C(F)(F)F. The number of rotatable bonds is 4. The van der Waals surface area contributed by atoms with Gasteiger partial charge in [0.15, 0.2) is 0 Å². The zero-order valence-corrected chi connectivity index (χ0v) is 20.6. The highest BCUT2D eigenvalue weighted by atomic mass is 19.4. The maximum atomic E-state index is 15.4. The van der Waals surface area contributed by atoms with Gasteiger partial charge < -0.3 is 15.3 Å². The number of carbonyl (C=O) groups excluding carboxylic acids is 1. The van der Waals surface area contributed by atoms with Crippen LogP contribution in [0.2, 0.25) is 0 Å². The molecule has 0 saturated carbocycles. The van der Waals surface area contributed by atoms with E-state index in [2.05, 4.69) is 47.6 Å². The van der Waals surface area contributed by atoms with Crippen molar-refractivity contribution in [3.63, 3.8) is 0 Å². The number of hydrogen-bond donors (Lipinski definition) is 2. The molecule has 10 heteroatoms. The predicted molar refractivity (Wildman–Crippen MR) is 133 cm³/mol. The van der Waals surface area contributed by atoms with Gasteiger partial charge in [0.2, 0.25) is 0 Å². The second-order valence-corrected chi connectivity index (χ2v) is 8.96. The molecule has 2 amide bonds. The number of aromatic nitrogens is 1. The number of amides is 2. The molecule has 1 aromatic heterocycles. The molecule has 6 nitrogen and oxygen atoms in total. The van der Waals surface area contributed by atoms with Crippen molar-refractivity contribution in [3.8, 4) is 11.1 Å². The fourth-order valence-electron chi connectivity index (χ4n) is 4.32. The highest BCUT2D eigenvalue weighted by molar-refractivity contribution is 5.88. The molecular formula is C27H29F4N3O3. The van der Waals surface area contributed by atoms with Gasteiger partial charge in [-0.15, -0.1) is 0 Å². The Kier molecular flexibility index (Phi) is 8.73. The third kappa shape index (κ3) is 7.18. The average Bonchev–Trinajstić information content (AvgIpc) is 2.85. The lowest BCUT2D eigenvalue weighted by atomic mass is 9.86. The van der Waals surface area contributed by atoms with Gasteiger partial charge in [-0.05, 0) is 55.0 Å². The fourth-order valence-corrected chi connectivity index (χ4v) is 4.32. The molecule has 3 aromatic rings. The van der Waals surface area contributed by atoms with Crippen LogP contribution in [-0.4, -0.2) is 58.5 Å². The van der Waals surface area contributed by atoms with Crippen LogP contribution < -0.4 is 5.32 Å². The number of carboxylic acids is 1. The van der Waals surface area contributed by atoms with Crippen LogP contribution in [0.25, 0.3) is 22.0 Å². The molecule has 1 aliphatic rings. The van der Waals surface area contributed by atoms with E-state index in [4.69, 9.17) is 9.90 Å². The zero-order valence-electron chi connectivity index (χ0n) is 20.6. The van der Waals surface area contributed by atoms with Gasteiger partial charge in [0, 0.05) is 37.6 Å². The van der Waals surface area contributed by atoms with Gasteiger partial charge in [-0.3, -0.25) is 4.98 Å². The maximum Gasteiger partial charge on any atom is 0.490 e. The van der Waals surface area contributed by atoms with Crippen LogP contribution in [0, 0.1) is 6.92 Å². The van der Waals surface area contributed by atoms with Gasteiger partial charge in [0.25, 0.3) is 0 Å². The Morgan fingerprint density at radius 3 is 2.27 bits per heavy atom. The summed E-state index contributed by atoms with van der Waals surface area (Å²) in [7, 11) is 0. The van der Waals surface area contributed by atoms with Gasteiger partial charge in [-0.2, -0.15) is 13.2 Å². The Balaban J connectivity index is 0.000000479. The summed E-state index contributed by atoms with van der Waals surface area (Å²) in [4.78, 5) is 27.1. The van der Waals surface area contributed by atoms with E-state index in [1.165, 1.54) is 0 Å². The largest absolute Gasteiger partial charge is 0.490 e. The highest BCUT2D eigenvalue weighted by Gasteiger charge is 2.38. The van der Waals surface area contributed by atoms with Crippen LogP contribution in [0.1, 0.15) is 30.9 Å². The third-order valence-electron chi connectivity index (χ3n) is 6.33. The van der Waals surface area contributed by atoms with Crippen LogP contribution in [0.5, 0.6) is 0 Å².